The molecule has 1 spiro atoms. The van der Waals surface area contributed by atoms with Crippen LogP contribution in [0.1, 0.15) is 25.3 Å². The van der Waals surface area contributed by atoms with Crippen molar-refractivity contribution in [2.75, 3.05) is 26.7 Å². The van der Waals surface area contributed by atoms with E-state index in [1.54, 1.807) is 12.1 Å². The molecule has 1 atom stereocenters. The molecule has 1 amide bonds. The predicted octanol–water partition coefficient (Wildman–Crippen LogP) is 2.04. The number of likely N-dealkylation sites (tertiary alicyclic amines) is 1. The van der Waals surface area contributed by atoms with Crippen molar-refractivity contribution in [3.63, 3.8) is 0 Å². The summed E-state index contributed by atoms with van der Waals surface area (Å²) >= 11 is 0. The molecule has 4 nitrogen and oxygen atoms in total. The van der Waals surface area contributed by atoms with Gasteiger partial charge in [-0.25, -0.2) is 4.39 Å². The predicted molar refractivity (Wildman–Crippen MR) is 81.8 cm³/mol. The lowest BCUT2D eigenvalue weighted by atomic mass is 9.83. The minimum absolute atomic E-state index is 0.0558. The van der Waals surface area contributed by atoms with Crippen LogP contribution in [0.25, 0.3) is 0 Å². The van der Waals surface area contributed by atoms with Crippen LogP contribution in [0.5, 0.6) is 0 Å². The molecule has 5 heteroatoms. The quantitative estimate of drug-likeness (QED) is 0.838. The Morgan fingerprint density at radius 3 is 2.77 bits per heavy atom. The molecule has 2 aliphatic heterocycles. The van der Waals surface area contributed by atoms with Crippen LogP contribution in [0.2, 0.25) is 0 Å². The molecule has 0 saturated carbocycles. The summed E-state index contributed by atoms with van der Waals surface area (Å²) in [4.78, 5) is 15.9. The third-order valence-corrected chi connectivity index (χ3v) is 5.22. The van der Waals surface area contributed by atoms with Gasteiger partial charge in [0.15, 0.2) is 0 Å². The summed E-state index contributed by atoms with van der Waals surface area (Å²) in [5, 5.41) is 0. The van der Waals surface area contributed by atoms with Crippen LogP contribution in [-0.4, -0.2) is 54.1 Å². The lowest BCUT2D eigenvalue weighted by Crippen LogP contribution is -2.62. The van der Waals surface area contributed by atoms with E-state index in [1.807, 2.05) is 18.0 Å². The average molecular weight is 306 g/mol. The first-order chi connectivity index (χ1) is 10.5. The van der Waals surface area contributed by atoms with Gasteiger partial charge in [-0.05, 0) is 37.5 Å². The number of benzene rings is 1. The molecule has 3 rings (SSSR count). The highest BCUT2D eigenvalue weighted by atomic mass is 19.1. The maximum absolute atomic E-state index is 13.3. The van der Waals surface area contributed by atoms with Gasteiger partial charge < -0.3 is 9.64 Å². The summed E-state index contributed by atoms with van der Waals surface area (Å²) in [6, 6.07) is 6.88. The number of ether oxygens (including phenoxy) is 1. The van der Waals surface area contributed by atoms with Crippen LogP contribution >= 0.6 is 0 Å². The lowest BCUT2D eigenvalue weighted by molar-refractivity contribution is -0.183. The molecular weight excluding hydrogens is 283 g/mol. The highest BCUT2D eigenvalue weighted by molar-refractivity contribution is 5.78. The number of halogens is 1. The zero-order valence-corrected chi connectivity index (χ0v) is 13.2. The second kappa shape index (κ2) is 5.97. The second-order valence-corrected chi connectivity index (χ2v) is 6.44. The normalized spacial score (nSPS) is 25.7. The van der Waals surface area contributed by atoms with Gasteiger partial charge in [-0.3, -0.25) is 9.69 Å². The topological polar surface area (TPSA) is 32.8 Å². The molecule has 0 radical (unpaired) electrons. The molecule has 2 fully saturated rings. The van der Waals surface area contributed by atoms with Crippen LogP contribution < -0.4 is 0 Å². The fraction of sp³-hybridized carbons (Fsp3) is 0.588. The Morgan fingerprint density at radius 1 is 1.36 bits per heavy atom. The number of carbonyl (C=O) groups is 1. The van der Waals surface area contributed by atoms with Crippen molar-refractivity contribution in [3.8, 4) is 0 Å². The van der Waals surface area contributed by atoms with Crippen molar-refractivity contribution in [3.05, 3.63) is 35.6 Å². The Kier molecular flexibility index (Phi) is 4.19. The fourth-order valence-electron chi connectivity index (χ4n) is 3.54. The Hall–Kier alpha value is -1.46. The summed E-state index contributed by atoms with van der Waals surface area (Å²) in [6.07, 6.45) is 1.81. The molecule has 120 valence electrons. The molecule has 0 bridgehead atoms. The number of hydrogen-bond donors (Lipinski definition) is 0. The van der Waals surface area contributed by atoms with E-state index in [-0.39, 0.29) is 30.0 Å². The third-order valence-electron chi connectivity index (χ3n) is 5.22. The molecule has 0 aromatic heterocycles. The summed E-state index contributed by atoms with van der Waals surface area (Å²) in [5.74, 6) is -0.129. The van der Waals surface area contributed by atoms with Gasteiger partial charge in [0.1, 0.15) is 12.4 Å². The molecule has 2 aliphatic rings. The monoisotopic (exact) mass is 306 g/mol. The van der Waals surface area contributed by atoms with Crippen LogP contribution in [0.15, 0.2) is 24.3 Å². The van der Waals surface area contributed by atoms with Gasteiger partial charge in [-0.15, -0.1) is 0 Å². The van der Waals surface area contributed by atoms with E-state index < -0.39 is 0 Å². The maximum Gasteiger partial charge on any atom is 0.248 e. The molecule has 22 heavy (non-hydrogen) atoms. The minimum atomic E-state index is -0.221. The molecule has 1 aromatic rings. The largest absolute Gasteiger partial charge is 0.363 e. The fourth-order valence-corrected chi connectivity index (χ4v) is 3.54. The first-order valence-corrected chi connectivity index (χ1v) is 7.87. The van der Waals surface area contributed by atoms with Crippen LogP contribution in [0.4, 0.5) is 4.39 Å². The minimum Gasteiger partial charge on any atom is -0.363 e. The van der Waals surface area contributed by atoms with Crippen molar-refractivity contribution < 1.29 is 13.9 Å². The second-order valence-electron chi connectivity index (χ2n) is 6.44. The number of nitrogens with zero attached hydrogens (tertiary/aromatic N) is 2. The van der Waals surface area contributed by atoms with Gasteiger partial charge in [-0.1, -0.05) is 12.1 Å². The van der Waals surface area contributed by atoms with Crippen molar-refractivity contribution in [2.45, 2.75) is 38.0 Å². The van der Waals surface area contributed by atoms with Crippen LogP contribution in [0.3, 0.4) is 0 Å². The average Bonchev–Trinajstić information content (AvgIpc) is 2.51. The van der Waals surface area contributed by atoms with E-state index in [0.717, 1.165) is 38.0 Å². The summed E-state index contributed by atoms with van der Waals surface area (Å²) in [5.41, 5.74) is 0.780. The Bertz CT molecular complexity index is 555. The summed E-state index contributed by atoms with van der Waals surface area (Å²) in [6.45, 7) is 4.83. The van der Waals surface area contributed by atoms with E-state index in [0.29, 0.717) is 0 Å². The number of piperidine rings is 1. The SMILES string of the molecule is C[C@H]1N(C)C(=O)COC12CCN(Cc1cccc(F)c1)CC2. The Labute approximate surface area is 130 Å². The van der Waals surface area contributed by atoms with Crippen molar-refractivity contribution >= 4 is 5.91 Å². The molecule has 0 unspecified atom stereocenters. The number of likely N-dealkylation sites (N-methyl/N-ethyl adjacent to an activating group) is 1. The Morgan fingerprint density at radius 2 is 2.09 bits per heavy atom. The van der Waals surface area contributed by atoms with Crippen LogP contribution in [-0.2, 0) is 16.1 Å². The van der Waals surface area contributed by atoms with Gasteiger partial charge in [0, 0.05) is 26.7 Å². The number of rotatable bonds is 2. The van der Waals surface area contributed by atoms with Crippen LogP contribution in [0, 0.1) is 5.82 Å². The van der Waals surface area contributed by atoms with Gasteiger partial charge in [0.2, 0.25) is 5.91 Å². The van der Waals surface area contributed by atoms with Gasteiger partial charge >= 0.3 is 0 Å². The van der Waals surface area contributed by atoms with E-state index in [1.165, 1.54) is 6.07 Å². The van der Waals surface area contributed by atoms with E-state index in [4.69, 9.17) is 4.74 Å². The molecule has 1 aromatic carbocycles. The number of hydrogen-bond acceptors (Lipinski definition) is 3. The van der Waals surface area contributed by atoms with Crippen molar-refractivity contribution in [2.24, 2.45) is 0 Å². The highest BCUT2D eigenvalue weighted by Gasteiger charge is 2.46. The van der Waals surface area contributed by atoms with Gasteiger partial charge in [-0.2, -0.15) is 0 Å². The van der Waals surface area contributed by atoms with Crippen molar-refractivity contribution in [1.29, 1.82) is 0 Å². The molecule has 0 aliphatic carbocycles. The number of amides is 1. The summed E-state index contributed by atoms with van der Waals surface area (Å²) < 4.78 is 19.2. The number of carbonyl (C=O) groups excluding carboxylic acids is 1. The van der Waals surface area contributed by atoms with Gasteiger partial charge in [0.25, 0.3) is 0 Å². The van der Waals surface area contributed by atoms with E-state index in [2.05, 4.69) is 11.8 Å². The standard InChI is InChI=1S/C17H23FN2O2/c1-13-17(22-12-16(21)19(13)2)6-8-20(9-7-17)11-14-4-3-5-15(18)10-14/h3-5,10,13H,6-9,11-12H2,1-2H3/t13-/m1/s1. The van der Waals surface area contributed by atoms with E-state index >= 15 is 0 Å². The molecule has 2 heterocycles. The van der Waals surface area contributed by atoms with Gasteiger partial charge in [0.05, 0.1) is 11.6 Å². The zero-order valence-electron chi connectivity index (χ0n) is 13.2. The molecule has 0 N–H and O–H groups in total. The van der Waals surface area contributed by atoms with E-state index in [9.17, 15) is 9.18 Å². The zero-order chi connectivity index (χ0) is 15.7. The first kappa shape index (κ1) is 15.4. The first-order valence-electron chi connectivity index (χ1n) is 7.87. The molecular formula is C17H23FN2O2. The Balaban J connectivity index is 1.61. The lowest BCUT2D eigenvalue weighted by Gasteiger charge is -2.50. The van der Waals surface area contributed by atoms with Crippen molar-refractivity contribution in [1.82, 2.24) is 9.80 Å². The smallest absolute Gasteiger partial charge is 0.248 e. The third kappa shape index (κ3) is 2.88. The highest BCUT2D eigenvalue weighted by Crippen LogP contribution is 2.35. The molecule has 2 saturated heterocycles. The number of morpholine rings is 1. The maximum atomic E-state index is 13.3. The summed E-state index contributed by atoms with van der Waals surface area (Å²) in [7, 11) is 1.86.